The molecule has 0 aliphatic carbocycles. The predicted molar refractivity (Wildman–Crippen MR) is 84.3 cm³/mol. The zero-order valence-electron chi connectivity index (χ0n) is 14.0. The van der Waals surface area contributed by atoms with Crippen LogP contribution in [0.3, 0.4) is 0 Å². The average Bonchev–Trinajstić information content (AvgIpc) is 2.66. The van der Waals surface area contributed by atoms with Crippen molar-refractivity contribution in [2.75, 3.05) is 13.2 Å². The van der Waals surface area contributed by atoms with Crippen molar-refractivity contribution in [2.45, 2.75) is 40.2 Å². The molecule has 0 bridgehead atoms. The van der Waals surface area contributed by atoms with Gasteiger partial charge in [0.1, 0.15) is 13.2 Å². The van der Waals surface area contributed by atoms with E-state index >= 15 is 0 Å². The maximum absolute atomic E-state index is 12.6. The van der Waals surface area contributed by atoms with Crippen LogP contribution in [0, 0.1) is 17.3 Å². The number of rotatable bonds is 4. The summed E-state index contributed by atoms with van der Waals surface area (Å²) in [4.78, 5) is 24.4. The third kappa shape index (κ3) is 2.72. The maximum Gasteiger partial charge on any atom is 0.549 e. The molecule has 5 nitrogen and oxygen atoms in total. The molecule has 0 radical (unpaired) electrons. The summed E-state index contributed by atoms with van der Waals surface area (Å²) in [6, 6.07) is 0. The first-order valence-corrected chi connectivity index (χ1v) is 8.10. The zero-order chi connectivity index (χ0) is 16.5. The second-order valence-electron chi connectivity index (χ2n) is 7.08. The fraction of sp³-hybridized carbons (Fsp3) is 0.733. The number of quaternary nitrogens is 1. The van der Waals surface area contributed by atoms with Crippen LogP contribution in [0.2, 0.25) is 0 Å². The largest absolute Gasteiger partial charge is 0.549 e. The lowest BCUT2D eigenvalue weighted by Crippen LogP contribution is -2.64. The normalized spacial score (nSPS) is 36.4. The molecule has 120 valence electrons. The summed E-state index contributed by atoms with van der Waals surface area (Å²) < 4.78 is 10.6. The van der Waals surface area contributed by atoms with Gasteiger partial charge in [-0.1, -0.05) is 45.0 Å². The average molecular weight is 314 g/mol. The molecule has 6 heteroatoms. The Hall–Kier alpha value is -0.983. The van der Waals surface area contributed by atoms with Gasteiger partial charge >= 0.3 is 6.09 Å². The van der Waals surface area contributed by atoms with Gasteiger partial charge in [0.05, 0.1) is 0 Å². The van der Waals surface area contributed by atoms with Gasteiger partial charge in [-0.15, -0.1) is 0 Å². The van der Waals surface area contributed by atoms with Crippen molar-refractivity contribution in [1.82, 2.24) is 0 Å². The van der Waals surface area contributed by atoms with Crippen molar-refractivity contribution in [3.05, 3.63) is 12.7 Å². The summed E-state index contributed by atoms with van der Waals surface area (Å²) in [5.74, 6) is 0.193. The number of aldehydes is 1. The van der Waals surface area contributed by atoms with E-state index in [1.807, 2.05) is 6.92 Å². The summed E-state index contributed by atoms with van der Waals surface area (Å²) >= 11 is 0. The molecule has 1 fully saturated rings. The van der Waals surface area contributed by atoms with Gasteiger partial charge in [-0.25, -0.2) is 0 Å². The fourth-order valence-electron chi connectivity index (χ4n) is 3.44. The molecule has 0 saturated carbocycles. The Balaban J connectivity index is 3.31. The number of hydrogen-bond acceptors (Lipinski definition) is 4. The van der Waals surface area contributed by atoms with Crippen molar-refractivity contribution < 1.29 is 23.5 Å². The van der Waals surface area contributed by atoms with E-state index in [2.05, 4.69) is 27.4 Å². The molecule has 4 atom stereocenters. The summed E-state index contributed by atoms with van der Waals surface area (Å²) in [5, 5.41) is 0. The van der Waals surface area contributed by atoms with E-state index in [1.54, 1.807) is 6.92 Å². The van der Waals surface area contributed by atoms with Crippen LogP contribution in [0.5, 0.6) is 0 Å². The molecule has 1 saturated heterocycles. The molecular formula is C15H28NO4Si+. The fourth-order valence-corrected chi connectivity index (χ4v) is 4.13. The van der Waals surface area contributed by atoms with E-state index in [-0.39, 0.29) is 28.5 Å². The minimum absolute atomic E-state index is 0.0141. The summed E-state index contributed by atoms with van der Waals surface area (Å²) in [6.45, 7) is 14.3. The van der Waals surface area contributed by atoms with Crippen molar-refractivity contribution in [3.8, 4) is 0 Å². The highest BCUT2D eigenvalue weighted by atomic mass is 28.2. The van der Waals surface area contributed by atoms with Crippen LogP contribution < -0.4 is 0 Å². The topological polar surface area (TPSA) is 52.6 Å². The zero-order valence-corrected chi connectivity index (χ0v) is 16.0. The first-order valence-electron chi connectivity index (χ1n) is 7.29. The number of likely N-dealkylation sites (tertiary alicyclic amines) is 1. The van der Waals surface area contributed by atoms with Gasteiger partial charge in [0, 0.05) is 18.8 Å². The quantitative estimate of drug-likeness (QED) is 0.342. The second kappa shape index (κ2) is 6.02. The second-order valence-corrected chi connectivity index (χ2v) is 7.44. The standard InChI is InChI=1S/C15H28NO4Si/c1-7-8-19-13(18)16(20-21)9-12(14(3,4)5)11(2)15(16,6)10-17/h7,10-12H,1,8-9H2,2-6,21H3/q+1/t11?,12-,15-,16?/m1/s1. The maximum atomic E-state index is 12.6. The smallest absolute Gasteiger partial charge is 0.414 e. The van der Waals surface area contributed by atoms with Crippen LogP contribution in [0.15, 0.2) is 12.7 Å². The Bertz CT molecular complexity index is 434. The molecule has 0 aromatic carbocycles. The van der Waals surface area contributed by atoms with Crippen LogP contribution in [0.25, 0.3) is 0 Å². The van der Waals surface area contributed by atoms with E-state index in [0.29, 0.717) is 17.0 Å². The van der Waals surface area contributed by atoms with Gasteiger partial charge in [0.2, 0.25) is 10.5 Å². The van der Waals surface area contributed by atoms with Gasteiger partial charge in [0.15, 0.2) is 11.8 Å². The SMILES string of the molecule is C=CCOC(=O)[N+]1(O[SiH3])C[C@@H](C(C)(C)C)C(C)[C@@]1(C)C=O. The third-order valence-electron chi connectivity index (χ3n) is 5.04. The minimum Gasteiger partial charge on any atom is -0.414 e. The van der Waals surface area contributed by atoms with Crippen LogP contribution in [0.1, 0.15) is 34.6 Å². The third-order valence-corrected chi connectivity index (χ3v) is 5.66. The van der Waals surface area contributed by atoms with Crippen LogP contribution in [0.4, 0.5) is 4.79 Å². The molecule has 0 spiro atoms. The summed E-state index contributed by atoms with van der Waals surface area (Å²) in [7, 11) is 0.344. The Morgan fingerprint density at radius 2 is 2.10 bits per heavy atom. The van der Waals surface area contributed by atoms with E-state index in [9.17, 15) is 9.59 Å². The molecular weight excluding hydrogens is 286 g/mol. The Labute approximate surface area is 130 Å². The van der Waals surface area contributed by atoms with Crippen molar-refractivity contribution in [2.24, 2.45) is 17.3 Å². The summed E-state index contributed by atoms with van der Waals surface area (Å²) in [6.07, 6.45) is 1.87. The predicted octanol–water partition coefficient (Wildman–Crippen LogP) is 1.61. The van der Waals surface area contributed by atoms with Crippen LogP contribution in [-0.2, 0) is 14.1 Å². The molecule has 1 aliphatic heterocycles. The molecule has 0 aromatic heterocycles. The molecule has 1 amide bonds. The van der Waals surface area contributed by atoms with Gasteiger partial charge in [-0.05, 0) is 5.41 Å². The highest BCUT2D eigenvalue weighted by Gasteiger charge is 2.69. The Morgan fingerprint density at radius 3 is 2.48 bits per heavy atom. The van der Waals surface area contributed by atoms with Crippen LogP contribution in [-0.4, -0.2) is 46.2 Å². The molecule has 1 rings (SSSR count). The number of carbonyl (C=O) groups is 2. The molecule has 1 aliphatic rings. The number of nitrogens with zero attached hydrogens (tertiary/aromatic N) is 1. The minimum atomic E-state index is -0.933. The highest BCUT2D eigenvalue weighted by Crippen LogP contribution is 2.50. The van der Waals surface area contributed by atoms with Gasteiger partial charge < -0.3 is 4.74 Å². The molecule has 0 N–H and O–H groups in total. The van der Waals surface area contributed by atoms with Gasteiger partial charge in [-0.3, -0.25) is 9.32 Å². The van der Waals surface area contributed by atoms with Crippen molar-refractivity contribution in [3.63, 3.8) is 0 Å². The molecule has 0 aromatic rings. The van der Waals surface area contributed by atoms with Gasteiger partial charge in [0.25, 0.3) is 0 Å². The molecule has 21 heavy (non-hydrogen) atoms. The number of hydroxylamine groups is 3. The first-order chi connectivity index (χ1) is 9.60. The summed E-state index contributed by atoms with van der Waals surface area (Å²) in [5.41, 5.74) is -0.958. The van der Waals surface area contributed by atoms with Gasteiger partial charge in [-0.2, -0.15) is 4.79 Å². The van der Waals surface area contributed by atoms with Crippen molar-refractivity contribution >= 4 is 22.9 Å². The number of carbonyl (C=O) groups excluding carboxylic acids is 2. The first kappa shape index (κ1) is 18.1. The Kier molecular flexibility index (Phi) is 5.18. The lowest BCUT2D eigenvalue weighted by atomic mass is 9.71. The lowest BCUT2D eigenvalue weighted by Gasteiger charge is -2.38. The van der Waals surface area contributed by atoms with Crippen LogP contribution >= 0.6 is 0 Å². The monoisotopic (exact) mass is 314 g/mol. The lowest BCUT2D eigenvalue weighted by molar-refractivity contribution is -1.04. The van der Waals surface area contributed by atoms with E-state index in [4.69, 9.17) is 9.26 Å². The van der Waals surface area contributed by atoms with E-state index in [1.165, 1.54) is 6.08 Å². The van der Waals surface area contributed by atoms with E-state index < -0.39 is 11.6 Å². The highest BCUT2D eigenvalue weighted by molar-refractivity contribution is 5.97. The number of amides is 1. The number of hydrogen-bond donors (Lipinski definition) is 0. The Morgan fingerprint density at radius 1 is 1.52 bits per heavy atom. The molecule has 1 heterocycles. The van der Waals surface area contributed by atoms with E-state index in [0.717, 1.165) is 6.29 Å². The number of ether oxygens (including phenoxy) is 1. The molecule has 2 unspecified atom stereocenters. The van der Waals surface area contributed by atoms with Crippen molar-refractivity contribution in [1.29, 1.82) is 0 Å².